The maximum absolute atomic E-state index is 5.27. The van der Waals surface area contributed by atoms with E-state index in [2.05, 4.69) is 37.3 Å². The van der Waals surface area contributed by atoms with Crippen molar-refractivity contribution in [3.05, 3.63) is 42.0 Å². The fourth-order valence-corrected chi connectivity index (χ4v) is 2.87. The molecule has 0 fully saturated rings. The van der Waals surface area contributed by atoms with Crippen molar-refractivity contribution in [3.63, 3.8) is 0 Å². The van der Waals surface area contributed by atoms with E-state index in [-0.39, 0.29) is 0 Å². The van der Waals surface area contributed by atoms with Crippen LogP contribution in [-0.4, -0.2) is 7.11 Å². The summed E-state index contributed by atoms with van der Waals surface area (Å²) in [6, 6.07) is 8.46. The lowest BCUT2D eigenvalue weighted by Crippen LogP contribution is -1.88. The Morgan fingerprint density at radius 3 is 2.17 bits per heavy atom. The molecule has 0 aromatic heterocycles. The first kappa shape index (κ1) is 19.8. The van der Waals surface area contributed by atoms with Crippen molar-refractivity contribution in [2.45, 2.75) is 84.0 Å². The van der Waals surface area contributed by atoms with Gasteiger partial charge in [0.15, 0.2) is 0 Å². The third-order valence-electron chi connectivity index (χ3n) is 4.36. The Labute approximate surface area is 144 Å². The van der Waals surface area contributed by atoms with Gasteiger partial charge in [0.1, 0.15) is 5.75 Å². The second-order valence-corrected chi connectivity index (χ2v) is 6.48. The van der Waals surface area contributed by atoms with Crippen molar-refractivity contribution in [2.75, 3.05) is 7.11 Å². The smallest absolute Gasteiger partial charge is 0.119 e. The predicted molar refractivity (Wildman–Crippen MR) is 102 cm³/mol. The maximum atomic E-state index is 5.27. The topological polar surface area (TPSA) is 9.23 Å². The van der Waals surface area contributed by atoms with Crippen molar-refractivity contribution in [2.24, 2.45) is 0 Å². The maximum Gasteiger partial charge on any atom is 0.119 e. The monoisotopic (exact) mass is 316 g/mol. The van der Waals surface area contributed by atoms with E-state index in [9.17, 15) is 0 Å². The highest BCUT2D eigenvalue weighted by atomic mass is 16.5. The Bertz CT molecular complexity index is 408. The summed E-state index contributed by atoms with van der Waals surface area (Å²) in [5, 5.41) is 0. The molecule has 130 valence electrons. The van der Waals surface area contributed by atoms with Crippen LogP contribution in [0.15, 0.2) is 36.4 Å². The van der Waals surface area contributed by atoms with Gasteiger partial charge in [-0.1, -0.05) is 69.7 Å². The molecule has 0 radical (unpaired) electrons. The summed E-state index contributed by atoms with van der Waals surface area (Å²) >= 11 is 0. The Morgan fingerprint density at radius 1 is 0.826 bits per heavy atom. The van der Waals surface area contributed by atoms with Gasteiger partial charge in [0, 0.05) is 0 Å². The van der Waals surface area contributed by atoms with Crippen LogP contribution in [0.2, 0.25) is 0 Å². The zero-order valence-corrected chi connectivity index (χ0v) is 15.4. The van der Waals surface area contributed by atoms with E-state index in [0.717, 1.165) is 5.75 Å². The molecule has 1 aromatic carbocycles. The number of methoxy groups -OCH3 is 1. The van der Waals surface area contributed by atoms with E-state index < -0.39 is 0 Å². The average Bonchev–Trinajstić information content (AvgIpc) is 2.59. The van der Waals surface area contributed by atoms with Gasteiger partial charge in [-0.15, -0.1) is 0 Å². The average molecular weight is 317 g/mol. The first-order valence-corrected chi connectivity index (χ1v) is 9.64. The number of allylic oxidation sites excluding steroid dienone is 2. The molecule has 0 saturated carbocycles. The highest BCUT2D eigenvalue weighted by molar-refractivity contribution is 5.28. The van der Waals surface area contributed by atoms with Crippen LogP contribution in [0.25, 0.3) is 0 Å². The molecule has 0 spiro atoms. The molecule has 0 unspecified atom stereocenters. The molecular weight excluding hydrogens is 280 g/mol. The number of hydrogen-bond donors (Lipinski definition) is 0. The summed E-state index contributed by atoms with van der Waals surface area (Å²) < 4.78 is 5.27. The van der Waals surface area contributed by atoms with Gasteiger partial charge in [-0.05, 0) is 56.2 Å². The first-order chi connectivity index (χ1) is 11.4. The summed E-state index contributed by atoms with van der Waals surface area (Å²) in [6.45, 7) is 2.27. The molecule has 0 heterocycles. The van der Waals surface area contributed by atoms with Crippen molar-refractivity contribution < 1.29 is 4.74 Å². The molecule has 0 bridgehead atoms. The van der Waals surface area contributed by atoms with Crippen molar-refractivity contribution in [1.82, 2.24) is 0 Å². The molecule has 1 rings (SSSR count). The standard InChI is InChI=1S/C22H36O/c1-3-4-5-6-7-8-9-10-11-12-13-14-15-17-21-18-16-19-22(20-21)23-2/h8-9,16,18-20H,3-7,10-15,17H2,1-2H3/b9-8-. The van der Waals surface area contributed by atoms with E-state index in [0.29, 0.717) is 0 Å². The molecule has 23 heavy (non-hydrogen) atoms. The van der Waals surface area contributed by atoms with Crippen LogP contribution in [0.5, 0.6) is 5.75 Å². The number of unbranched alkanes of at least 4 members (excludes halogenated alkanes) is 9. The summed E-state index contributed by atoms with van der Waals surface area (Å²) in [6.07, 6.45) is 20.7. The molecule has 0 aliphatic carbocycles. The summed E-state index contributed by atoms with van der Waals surface area (Å²) in [5.74, 6) is 0.976. The third kappa shape index (κ3) is 11.0. The highest BCUT2D eigenvalue weighted by Gasteiger charge is 1.96. The van der Waals surface area contributed by atoms with E-state index in [4.69, 9.17) is 4.74 Å². The van der Waals surface area contributed by atoms with Gasteiger partial charge < -0.3 is 4.74 Å². The fraction of sp³-hybridized carbons (Fsp3) is 0.636. The largest absolute Gasteiger partial charge is 0.497 e. The SMILES string of the molecule is CCCCCC/C=C\CCCCCCCc1cccc(OC)c1. The predicted octanol–water partition coefficient (Wildman–Crippen LogP) is 7.10. The molecule has 0 amide bonds. The second-order valence-electron chi connectivity index (χ2n) is 6.48. The lowest BCUT2D eigenvalue weighted by atomic mass is 10.0. The molecule has 1 heteroatoms. The van der Waals surface area contributed by atoms with Crippen LogP contribution in [0.1, 0.15) is 83.1 Å². The van der Waals surface area contributed by atoms with E-state index >= 15 is 0 Å². The zero-order chi connectivity index (χ0) is 16.6. The lowest BCUT2D eigenvalue weighted by Gasteiger charge is -2.04. The Balaban J connectivity index is 1.90. The molecule has 0 atom stereocenters. The van der Waals surface area contributed by atoms with Crippen LogP contribution < -0.4 is 4.74 Å². The molecule has 1 aromatic rings. The zero-order valence-electron chi connectivity index (χ0n) is 15.4. The minimum Gasteiger partial charge on any atom is -0.497 e. The van der Waals surface area contributed by atoms with Crippen LogP contribution >= 0.6 is 0 Å². The van der Waals surface area contributed by atoms with E-state index in [1.165, 1.54) is 82.6 Å². The summed E-state index contributed by atoms with van der Waals surface area (Å²) in [5.41, 5.74) is 1.40. The minimum absolute atomic E-state index is 0.976. The Hall–Kier alpha value is -1.24. The van der Waals surface area contributed by atoms with Crippen molar-refractivity contribution in [3.8, 4) is 5.75 Å². The number of rotatable bonds is 14. The summed E-state index contributed by atoms with van der Waals surface area (Å²) in [4.78, 5) is 0. The van der Waals surface area contributed by atoms with Crippen LogP contribution in [0.4, 0.5) is 0 Å². The number of ether oxygens (including phenoxy) is 1. The molecule has 0 saturated heterocycles. The number of benzene rings is 1. The number of aryl methyl sites for hydroxylation is 1. The van der Waals surface area contributed by atoms with Crippen LogP contribution in [-0.2, 0) is 6.42 Å². The molecule has 0 N–H and O–H groups in total. The van der Waals surface area contributed by atoms with Crippen LogP contribution in [0, 0.1) is 0 Å². The van der Waals surface area contributed by atoms with Crippen molar-refractivity contribution >= 4 is 0 Å². The first-order valence-electron chi connectivity index (χ1n) is 9.64. The third-order valence-corrected chi connectivity index (χ3v) is 4.36. The van der Waals surface area contributed by atoms with Gasteiger partial charge >= 0.3 is 0 Å². The van der Waals surface area contributed by atoms with Crippen molar-refractivity contribution in [1.29, 1.82) is 0 Å². The van der Waals surface area contributed by atoms with Gasteiger partial charge in [-0.25, -0.2) is 0 Å². The van der Waals surface area contributed by atoms with Crippen LogP contribution in [0.3, 0.4) is 0 Å². The molecule has 0 aliphatic heterocycles. The minimum atomic E-state index is 0.976. The summed E-state index contributed by atoms with van der Waals surface area (Å²) in [7, 11) is 1.73. The number of hydrogen-bond acceptors (Lipinski definition) is 1. The van der Waals surface area contributed by atoms with Gasteiger partial charge in [0.25, 0.3) is 0 Å². The molecular formula is C22H36O. The fourth-order valence-electron chi connectivity index (χ4n) is 2.87. The Kier molecular flexibility index (Phi) is 12.4. The van der Waals surface area contributed by atoms with Gasteiger partial charge in [0.05, 0.1) is 7.11 Å². The lowest BCUT2D eigenvalue weighted by molar-refractivity contribution is 0.414. The second kappa shape index (κ2) is 14.4. The van der Waals surface area contributed by atoms with Gasteiger partial charge in [-0.3, -0.25) is 0 Å². The highest BCUT2D eigenvalue weighted by Crippen LogP contribution is 2.15. The quantitative estimate of drug-likeness (QED) is 0.262. The van der Waals surface area contributed by atoms with E-state index in [1.54, 1.807) is 7.11 Å². The van der Waals surface area contributed by atoms with Gasteiger partial charge in [0.2, 0.25) is 0 Å². The molecule has 1 nitrogen and oxygen atoms in total. The van der Waals surface area contributed by atoms with E-state index in [1.807, 2.05) is 6.07 Å². The molecule has 0 aliphatic rings. The Morgan fingerprint density at radius 2 is 1.48 bits per heavy atom. The van der Waals surface area contributed by atoms with Gasteiger partial charge in [-0.2, -0.15) is 0 Å². The normalized spacial score (nSPS) is 11.2.